The van der Waals surface area contributed by atoms with E-state index in [1.54, 1.807) is 0 Å². The second-order valence-corrected chi connectivity index (χ2v) is 6.59. The fraction of sp³-hybridized carbons (Fsp3) is 0.455. The first-order valence-electron chi connectivity index (χ1n) is 5.68. The second kappa shape index (κ2) is 4.53. The van der Waals surface area contributed by atoms with Gasteiger partial charge in [-0.25, -0.2) is 12.8 Å². The van der Waals surface area contributed by atoms with E-state index in [0.717, 1.165) is 22.8 Å². The zero-order valence-corrected chi connectivity index (χ0v) is 11.4. The van der Waals surface area contributed by atoms with E-state index in [-0.39, 0.29) is 23.9 Å². The lowest BCUT2D eigenvalue weighted by Crippen LogP contribution is -2.63. The smallest absolute Gasteiger partial charge is 0.245 e. The molecule has 104 valence electrons. The van der Waals surface area contributed by atoms with E-state index in [1.807, 2.05) is 0 Å². The number of sulfonamides is 1. The topological polar surface area (TPSA) is 79.4 Å². The van der Waals surface area contributed by atoms with Crippen molar-refractivity contribution in [3.63, 3.8) is 0 Å². The number of piperazine rings is 1. The van der Waals surface area contributed by atoms with Gasteiger partial charge in [-0.15, -0.1) is 0 Å². The number of carbonyl (C=O) groups excluding carboxylic acids is 1. The van der Waals surface area contributed by atoms with Crippen molar-refractivity contribution in [2.24, 2.45) is 0 Å². The molecule has 0 unspecified atom stereocenters. The van der Waals surface area contributed by atoms with Crippen LogP contribution in [0.25, 0.3) is 0 Å². The normalized spacial score (nSPS) is 20.1. The Labute approximate surface area is 110 Å². The molecule has 8 heteroatoms. The minimum absolute atomic E-state index is 0.136. The summed E-state index contributed by atoms with van der Waals surface area (Å²) >= 11 is 0. The summed E-state index contributed by atoms with van der Waals surface area (Å²) in [5.41, 5.74) is -1.22. The van der Waals surface area contributed by atoms with Crippen LogP contribution in [0.5, 0.6) is 0 Å². The number of aromatic nitrogens is 1. The highest BCUT2D eigenvalue weighted by atomic mass is 32.2. The molecule has 0 aromatic carbocycles. The van der Waals surface area contributed by atoms with Crippen molar-refractivity contribution in [1.29, 1.82) is 0 Å². The first-order chi connectivity index (χ1) is 8.76. The molecule has 0 aliphatic carbocycles. The lowest BCUT2D eigenvalue weighted by Gasteiger charge is -2.39. The van der Waals surface area contributed by atoms with Gasteiger partial charge in [-0.3, -0.25) is 9.78 Å². The van der Waals surface area contributed by atoms with E-state index in [4.69, 9.17) is 0 Å². The van der Waals surface area contributed by atoms with E-state index in [1.165, 1.54) is 13.8 Å². The van der Waals surface area contributed by atoms with Crippen LogP contribution in [-0.2, 0) is 14.8 Å². The molecule has 0 atom stereocenters. The molecule has 0 radical (unpaired) electrons. The molecule has 1 aromatic heterocycles. The Morgan fingerprint density at radius 3 is 2.74 bits per heavy atom. The first-order valence-corrected chi connectivity index (χ1v) is 7.12. The molecule has 1 amide bonds. The van der Waals surface area contributed by atoms with Crippen molar-refractivity contribution in [3.8, 4) is 0 Å². The summed E-state index contributed by atoms with van der Waals surface area (Å²) < 4.78 is 39.1. The predicted molar refractivity (Wildman–Crippen MR) is 65.2 cm³/mol. The Bertz CT molecular complexity index is 615. The van der Waals surface area contributed by atoms with Gasteiger partial charge in [0.2, 0.25) is 15.9 Å². The summed E-state index contributed by atoms with van der Waals surface area (Å²) in [7, 11) is -3.96. The summed E-state index contributed by atoms with van der Waals surface area (Å²) in [6, 6.07) is 0.894. The number of amides is 1. The van der Waals surface area contributed by atoms with Crippen LogP contribution in [0.1, 0.15) is 13.8 Å². The molecule has 1 N–H and O–H groups in total. The Balaban J connectivity index is 2.47. The summed E-state index contributed by atoms with van der Waals surface area (Å²) in [5.74, 6) is -1.12. The van der Waals surface area contributed by atoms with Crippen molar-refractivity contribution in [1.82, 2.24) is 14.6 Å². The van der Waals surface area contributed by atoms with Crippen molar-refractivity contribution < 1.29 is 17.6 Å². The third kappa shape index (κ3) is 2.33. The molecule has 0 bridgehead atoms. The second-order valence-electron chi connectivity index (χ2n) is 4.73. The largest absolute Gasteiger partial charge is 0.353 e. The van der Waals surface area contributed by atoms with Gasteiger partial charge in [-0.1, -0.05) is 0 Å². The predicted octanol–water partition coefficient (Wildman–Crippen LogP) is 0.120. The quantitative estimate of drug-likeness (QED) is 0.838. The zero-order chi connectivity index (χ0) is 14.3. The summed E-state index contributed by atoms with van der Waals surface area (Å²) in [4.78, 5) is 15.0. The number of rotatable bonds is 2. The molecule has 2 heterocycles. The van der Waals surface area contributed by atoms with Gasteiger partial charge in [0.25, 0.3) is 0 Å². The number of pyridine rings is 1. The van der Waals surface area contributed by atoms with Crippen LogP contribution in [0.4, 0.5) is 4.39 Å². The number of hydrogen-bond acceptors (Lipinski definition) is 4. The maximum Gasteiger partial charge on any atom is 0.245 e. The summed E-state index contributed by atoms with van der Waals surface area (Å²) in [6.45, 7) is 3.37. The van der Waals surface area contributed by atoms with E-state index < -0.39 is 21.4 Å². The van der Waals surface area contributed by atoms with Crippen LogP contribution in [0, 0.1) is 5.82 Å². The van der Waals surface area contributed by atoms with Crippen LogP contribution in [0.2, 0.25) is 0 Å². The van der Waals surface area contributed by atoms with Crippen LogP contribution < -0.4 is 5.32 Å². The number of nitrogens with one attached hydrogen (secondary N) is 1. The van der Waals surface area contributed by atoms with Gasteiger partial charge >= 0.3 is 0 Å². The van der Waals surface area contributed by atoms with Gasteiger partial charge in [0.1, 0.15) is 16.3 Å². The van der Waals surface area contributed by atoms with Crippen LogP contribution in [-0.4, -0.2) is 42.2 Å². The zero-order valence-electron chi connectivity index (χ0n) is 10.6. The highest BCUT2D eigenvalue weighted by Crippen LogP contribution is 2.26. The average Bonchev–Trinajstić information content (AvgIpc) is 2.32. The summed E-state index contributed by atoms with van der Waals surface area (Å²) in [6.07, 6.45) is 1.99. The molecule has 6 nitrogen and oxygen atoms in total. The highest BCUT2D eigenvalue weighted by molar-refractivity contribution is 7.89. The lowest BCUT2D eigenvalue weighted by atomic mass is 10.0. The van der Waals surface area contributed by atoms with E-state index in [0.29, 0.717) is 0 Å². The highest BCUT2D eigenvalue weighted by Gasteiger charge is 2.45. The van der Waals surface area contributed by atoms with Crippen LogP contribution >= 0.6 is 0 Å². The fourth-order valence-corrected chi connectivity index (χ4v) is 3.69. The van der Waals surface area contributed by atoms with Gasteiger partial charge in [0.15, 0.2) is 0 Å². The molecule has 1 aliphatic heterocycles. The molecule has 0 saturated carbocycles. The molecule has 19 heavy (non-hydrogen) atoms. The monoisotopic (exact) mass is 287 g/mol. The fourth-order valence-electron chi connectivity index (χ4n) is 1.96. The number of halogens is 1. The average molecular weight is 287 g/mol. The molecule has 1 aliphatic rings. The van der Waals surface area contributed by atoms with Gasteiger partial charge in [0, 0.05) is 19.3 Å². The maximum atomic E-state index is 13.1. The van der Waals surface area contributed by atoms with Gasteiger partial charge in [-0.05, 0) is 19.9 Å². The van der Waals surface area contributed by atoms with E-state index in [2.05, 4.69) is 10.3 Å². The SMILES string of the molecule is CC1(C)C(=O)NCCN1S(=O)(=O)c1cncc(F)c1. The van der Waals surface area contributed by atoms with Gasteiger partial charge in [-0.2, -0.15) is 4.31 Å². The van der Waals surface area contributed by atoms with E-state index in [9.17, 15) is 17.6 Å². The minimum Gasteiger partial charge on any atom is -0.353 e. The Kier molecular flexibility index (Phi) is 3.31. The molecule has 2 rings (SSSR count). The van der Waals surface area contributed by atoms with Crippen molar-refractivity contribution in [2.45, 2.75) is 24.3 Å². The third-order valence-electron chi connectivity index (χ3n) is 3.05. The molecule has 1 fully saturated rings. The van der Waals surface area contributed by atoms with Crippen molar-refractivity contribution >= 4 is 15.9 Å². The lowest BCUT2D eigenvalue weighted by molar-refractivity contribution is -0.131. The molecule has 0 spiro atoms. The number of hydrogen-bond donors (Lipinski definition) is 1. The standard InChI is InChI=1S/C11H14FN3O3S/c1-11(2)10(16)14-3-4-15(11)19(17,18)9-5-8(12)6-13-7-9/h5-7H,3-4H2,1-2H3,(H,14,16). The van der Waals surface area contributed by atoms with Gasteiger partial charge < -0.3 is 5.32 Å². The Morgan fingerprint density at radius 1 is 1.42 bits per heavy atom. The van der Waals surface area contributed by atoms with E-state index >= 15 is 0 Å². The first kappa shape index (κ1) is 13.9. The molecular weight excluding hydrogens is 273 g/mol. The van der Waals surface area contributed by atoms with Crippen molar-refractivity contribution in [3.05, 3.63) is 24.3 Å². The Hall–Kier alpha value is -1.54. The maximum absolute atomic E-state index is 13.1. The summed E-state index contributed by atoms with van der Waals surface area (Å²) in [5, 5.41) is 2.60. The number of carbonyl (C=O) groups is 1. The molecular formula is C11H14FN3O3S. The third-order valence-corrected chi connectivity index (χ3v) is 5.09. The van der Waals surface area contributed by atoms with Crippen LogP contribution in [0.3, 0.4) is 0 Å². The number of nitrogens with zero attached hydrogens (tertiary/aromatic N) is 2. The van der Waals surface area contributed by atoms with Crippen LogP contribution in [0.15, 0.2) is 23.4 Å². The Morgan fingerprint density at radius 2 is 2.11 bits per heavy atom. The minimum atomic E-state index is -3.96. The molecule has 1 saturated heterocycles. The van der Waals surface area contributed by atoms with Gasteiger partial charge in [0.05, 0.1) is 6.20 Å². The molecule has 1 aromatic rings. The van der Waals surface area contributed by atoms with Crippen molar-refractivity contribution in [2.75, 3.05) is 13.1 Å².